The summed E-state index contributed by atoms with van der Waals surface area (Å²) in [7, 11) is 0. The van der Waals surface area contributed by atoms with E-state index in [1.165, 1.54) is 18.6 Å². The van der Waals surface area contributed by atoms with Crippen LogP contribution in [0.15, 0.2) is 47.3 Å². The zero-order valence-corrected chi connectivity index (χ0v) is 16.7. The van der Waals surface area contributed by atoms with Gasteiger partial charge in [0.15, 0.2) is 4.77 Å². The summed E-state index contributed by atoms with van der Waals surface area (Å²) in [6.45, 7) is 0.288. The maximum atomic E-state index is 13.0. The van der Waals surface area contributed by atoms with E-state index in [1.807, 2.05) is 0 Å². The van der Waals surface area contributed by atoms with Crippen LogP contribution in [0.5, 0.6) is 0 Å². The second-order valence-corrected chi connectivity index (χ2v) is 7.85. The zero-order chi connectivity index (χ0) is 20.4. The molecule has 1 aromatic heterocycles. The van der Waals surface area contributed by atoms with E-state index >= 15 is 0 Å². The van der Waals surface area contributed by atoms with Crippen LogP contribution >= 0.6 is 12.2 Å². The number of hydrogen-bond donors (Lipinski definition) is 2. The molecule has 1 fully saturated rings. The van der Waals surface area contributed by atoms with Crippen LogP contribution in [0, 0.1) is 10.6 Å². The molecule has 150 valence electrons. The molecule has 5 nitrogen and oxygen atoms in total. The number of aromatic nitrogens is 2. The van der Waals surface area contributed by atoms with Crippen LogP contribution < -0.4 is 10.9 Å². The third kappa shape index (κ3) is 4.15. The van der Waals surface area contributed by atoms with E-state index < -0.39 is 0 Å². The smallest absolute Gasteiger partial charge is 0.262 e. The summed E-state index contributed by atoms with van der Waals surface area (Å²) >= 11 is 5.46. The van der Waals surface area contributed by atoms with Gasteiger partial charge in [0.25, 0.3) is 11.5 Å². The van der Waals surface area contributed by atoms with Crippen LogP contribution in [0.1, 0.15) is 54.1 Å². The molecule has 3 aromatic rings. The second-order valence-electron chi connectivity index (χ2n) is 7.47. The monoisotopic (exact) mass is 411 g/mol. The average molecular weight is 412 g/mol. The zero-order valence-electron chi connectivity index (χ0n) is 15.9. The summed E-state index contributed by atoms with van der Waals surface area (Å²) in [5, 5.41) is 3.33. The molecule has 29 heavy (non-hydrogen) atoms. The minimum Gasteiger partial charge on any atom is -0.348 e. The van der Waals surface area contributed by atoms with Gasteiger partial charge in [0.1, 0.15) is 5.82 Å². The van der Waals surface area contributed by atoms with Gasteiger partial charge in [0, 0.05) is 18.2 Å². The molecule has 0 unspecified atom stereocenters. The van der Waals surface area contributed by atoms with Crippen LogP contribution in [-0.4, -0.2) is 15.5 Å². The summed E-state index contributed by atoms with van der Waals surface area (Å²) in [5.41, 5.74) is 1.69. The van der Waals surface area contributed by atoms with Crippen molar-refractivity contribution in [2.45, 2.75) is 44.7 Å². The fourth-order valence-corrected chi connectivity index (χ4v) is 4.27. The highest BCUT2D eigenvalue weighted by Gasteiger charge is 2.19. The van der Waals surface area contributed by atoms with Gasteiger partial charge in [0.05, 0.1) is 10.9 Å². The lowest BCUT2D eigenvalue weighted by Crippen LogP contribution is -2.28. The van der Waals surface area contributed by atoms with Crippen molar-refractivity contribution in [3.05, 3.63) is 74.5 Å². The Morgan fingerprint density at radius 1 is 1.14 bits per heavy atom. The van der Waals surface area contributed by atoms with Crippen molar-refractivity contribution in [3.8, 4) is 0 Å². The number of aromatic amines is 1. The molecule has 0 spiro atoms. The van der Waals surface area contributed by atoms with Crippen LogP contribution in [-0.2, 0) is 6.54 Å². The predicted molar refractivity (Wildman–Crippen MR) is 113 cm³/mol. The van der Waals surface area contributed by atoms with Gasteiger partial charge in [-0.25, -0.2) is 4.39 Å². The fourth-order valence-electron chi connectivity index (χ4n) is 3.93. The standard InChI is InChI=1S/C22H22FN3O2S/c23-16-9-6-14(7-10-16)13-24-20(27)15-8-11-18-19(12-15)25-22(29)26(21(18)28)17-4-2-1-3-5-17/h6-12,17H,1-5,13H2,(H,24,27)(H,25,29). The van der Waals surface area contributed by atoms with Gasteiger partial charge in [-0.2, -0.15) is 0 Å². The van der Waals surface area contributed by atoms with Gasteiger partial charge in [-0.05, 0) is 61.0 Å². The predicted octanol–water partition coefficient (Wildman–Crippen LogP) is 4.63. The van der Waals surface area contributed by atoms with E-state index in [0.29, 0.717) is 21.2 Å². The number of rotatable bonds is 4. The Morgan fingerprint density at radius 3 is 2.59 bits per heavy atom. The average Bonchev–Trinajstić information content (AvgIpc) is 2.73. The number of nitrogens with one attached hydrogen (secondary N) is 2. The van der Waals surface area contributed by atoms with Crippen molar-refractivity contribution in [2.24, 2.45) is 0 Å². The molecule has 1 heterocycles. The minimum absolute atomic E-state index is 0.103. The molecule has 1 aliphatic carbocycles. The number of H-pyrrole nitrogens is 1. The van der Waals surface area contributed by atoms with E-state index in [1.54, 1.807) is 34.9 Å². The Labute approximate surface area is 172 Å². The molecule has 0 aliphatic heterocycles. The van der Waals surface area contributed by atoms with E-state index in [0.717, 1.165) is 31.2 Å². The second kappa shape index (κ2) is 8.29. The topological polar surface area (TPSA) is 66.9 Å². The minimum atomic E-state index is -0.316. The van der Waals surface area contributed by atoms with Crippen molar-refractivity contribution in [2.75, 3.05) is 0 Å². The van der Waals surface area contributed by atoms with Crippen LogP contribution in [0.2, 0.25) is 0 Å². The highest BCUT2D eigenvalue weighted by atomic mass is 32.1. The van der Waals surface area contributed by atoms with Crippen molar-refractivity contribution >= 4 is 29.0 Å². The van der Waals surface area contributed by atoms with Gasteiger partial charge in [0.2, 0.25) is 0 Å². The largest absolute Gasteiger partial charge is 0.348 e. The fraction of sp³-hybridized carbons (Fsp3) is 0.318. The van der Waals surface area contributed by atoms with Gasteiger partial charge in [-0.3, -0.25) is 14.2 Å². The van der Waals surface area contributed by atoms with Crippen molar-refractivity contribution in [3.63, 3.8) is 0 Å². The lowest BCUT2D eigenvalue weighted by molar-refractivity contribution is 0.0951. The van der Waals surface area contributed by atoms with Gasteiger partial charge >= 0.3 is 0 Å². The molecular weight excluding hydrogens is 389 g/mol. The summed E-state index contributed by atoms with van der Waals surface area (Å²) in [4.78, 5) is 28.6. The summed E-state index contributed by atoms with van der Waals surface area (Å²) < 4.78 is 15.1. The molecule has 2 N–H and O–H groups in total. The Morgan fingerprint density at radius 2 is 1.86 bits per heavy atom. The first kappa shape index (κ1) is 19.5. The molecule has 0 radical (unpaired) electrons. The van der Waals surface area contributed by atoms with Crippen molar-refractivity contribution in [1.82, 2.24) is 14.9 Å². The van der Waals surface area contributed by atoms with E-state index in [-0.39, 0.29) is 29.9 Å². The molecule has 7 heteroatoms. The van der Waals surface area contributed by atoms with E-state index in [9.17, 15) is 14.0 Å². The lowest BCUT2D eigenvalue weighted by atomic mass is 9.95. The Kier molecular flexibility index (Phi) is 5.58. The first-order valence-corrected chi connectivity index (χ1v) is 10.2. The maximum Gasteiger partial charge on any atom is 0.262 e. The number of benzene rings is 2. The van der Waals surface area contributed by atoms with E-state index in [4.69, 9.17) is 12.2 Å². The quantitative estimate of drug-likeness (QED) is 0.615. The third-order valence-electron chi connectivity index (χ3n) is 5.50. The van der Waals surface area contributed by atoms with Crippen molar-refractivity contribution < 1.29 is 9.18 Å². The molecule has 2 aromatic carbocycles. The van der Waals surface area contributed by atoms with Gasteiger partial charge in [-0.15, -0.1) is 0 Å². The lowest BCUT2D eigenvalue weighted by Gasteiger charge is -2.24. The highest BCUT2D eigenvalue weighted by molar-refractivity contribution is 7.71. The normalized spacial score (nSPS) is 14.8. The molecule has 1 saturated carbocycles. The van der Waals surface area contributed by atoms with Crippen molar-refractivity contribution in [1.29, 1.82) is 0 Å². The Hall–Kier alpha value is -2.80. The SMILES string of the molecule is O=C(NCc1ccc(F)cc1)c1ccc2c(=O)n(C3CCCCC3)c(=S)[nH]c2c1. The number of fused-ring (bicyclic) bond motifs is 1. The number of carbonyl (C=O) groups excluding carboxylic acids is 1. The van der Waals surface area contributed by atoms with Crippen LogP contribution in [0.3, 0.4) is 0 Å². The van der Waals surface area contributed by atoms with E-state index in [2.05, 4.69) is 10.3 Å². The van der Waals surface area contributed by atoms with Crippen LogP contribution in [0.4, 0.5) is 4.39 Å². The molecule has 1 aliphatic rings. The molecule has 0 bridgehead atoms. The maximum absolute atomic E-state index is 13.0. The van der Waals surface area contributed by atoms with Crippen LogP contribution in [0.25, 0.3) is 10.9 Å². The molecule has 4 rings (SSSR count). The number of nitrogens with zero attached hydrogens (tertiary/aromatic N) is 1. The summed E-state index contributed by atoms with van der Waals surface area (Å²) in [6, 6.07) is 11.1. The third-order valence-corrected chi connectivity index (χ3v) is 5.80. The highest BCUT2D eigenvalue weighted by Crippen LogP contribution is 2.27. The summed E-state index contributed by atoms with van der Waals surface area (Å²) in [5.74, 6) is -0.587. The Balaban J connectivity index is 1.59. The number of hydrogen-bond acceptors (Lipinski definition) is 3. The molecule has 0 atom stereocenters. The number of halogens is 1. The summed E-state index contributed by atoms with van der Waals surface area (Å²) in [6.07, 6.45) is 5.35. The molecule has 0 saturated heterocycles. The molecular formula is C22H22FN3O2S. The van der Waals surface area contributed by atoms with Gasteiger partial charge < -0.3 is 10.3 Å². The van der Waals surface area contributed by atoms with Gasteiger partial charge in [-0.1, -0.05) is 31.4 Å². The number of amides is 1. The first-order valence-electron chi connectivity index (χ1n) is 9.84. The number of carbonyl (C=O) groups is 1. The Bertz CT molecular complexity index is 1160. The first-order chi connectivity index (χ1) is 14.0. The molecule has 1 amide bonds.